The van der Waals surface area contributed by atoms with Crippen molar-refractivity contribution in [3.05, 3.63) is 52.9 Å². The van der Waals surface area contributed by atoms with Crippen molar-refractivity contribution in [2.75, 3.05) is 5.32 Å². The molecule has 0 aliphatic heterocycles. The largest absolute Gasteiger partial charge is 0.361 e. The molecule has 1 atom stereocenters. The van der Waals surface area contributed by atoms with Gasteiger partial charge in [0.05, 0.1) is 11.7 Å². The number of nitrogens with one attached hydrogen (secondary N) is 2. The summed E-state index contributed by atoms with van der Waals surface area (Å²) in [7, 11) is 0. The van der Waals surface area contributed by atoms with Crippen molar-refractivity contribution < 1.29 is 9.32 Å². The first-order valence-corrected chi connectivity index (χ1v) is 8.43. The fourth-order valence-electron chi connectivity index (χ4n) is 2.64. The van der Waals surface area contributed by atoms with E-state index in [4.69, 9.17) is 4.52 Å². The molecule has 0 radical (unpaired) electrons. The molecular formula is C17H18N4O2S. The van der Waals surface area contributed by atoms with Gasteiger partial charge in [-0.1, -0.05) is 17.3 Å². The zero-order valence-electron chi connectivity index (χ0n) is 13.7. The van der Waals surface area contributed by atoms with Crippen LogP contribution >= 0.6 is 11.3 Å². The summed E-state index contributed by atoms with van der Waals surface area (Å²) in [6, 6.07) is 7.13. The summed E-state index contributed by atoms with van der Waals surface area (Å²) in [4.78, 5) is 16.5. The van der Waals surface area contributed by atoms with E-state index in [0.29, 0.717) is 11.4 Å². The Bertz CT molecular complexity index is 823. The van der Waals surface area contributed by atoms with Crippen molar-refractivity contribution in [2.45, 2.75) is 26.8 Å². The first kappa shape index (κ1) is 16.2. The second-order valence-electron chi connectivity index (χ2n) is 5.48. The van der Waals surface area contributed by atoms with Gasteiger partial charge in [0, 0.05) is 28.4 Å². The lowest BCUT2D eigenvalue weighted by Gasteiger charge is -2.14. The average molecular weight is 342 g/mol. The highest BCUT2D eigenvalue weighted by Crippen LogP contribution is 2.25. The van der Waals surface area contributed by atoms with Gasteiger partial charge in [-0.05, 0) is 32.9 Å². The zero-order valence-corrected chi connectivity index (χ0v) is 14.5. The molecule has 3 aromatic rings. The van der Waals surface area contributed by atoms with Gasteiger partial charge in [0.25, 0.3) is 0 Å². The fraction of sp³-hybridized carbons (Fsp3) is 0.235. The van der Waals surface area contributed by atoms with Crippen LogP contribution in [0.3, 0.4) is 0 Å². The number of hydrogen-bond acceptors (Lipinski definition) is 5. The summed E-state index contributed by atoms with van der Waals surface area (Å²) in [6.07, 6.45) is 1.76. The van der Waals surface area contributed by atoms with Gasteiger partial charge in [-0.25, -0.2) is 9.78 Å². The van der Waals surface area contributed by atoms with Crippen molar-refractivity contribution in [3.8, 4) is 10.6 Å². The number of aryl methyl sites for hydroxylation is 2. The van der Waals surface area contributed by atoms with Crippen molar-refractivity contribution in [1.82, 2.24) is 15.5 Å². The highest BCUT2D eigenvalue weighted by Gasteiger charge is 2.18. The molecule has 3 rings (SSSR count). The second-order valence-corrected chi connectivity index (χ2v) is 6.37. The minimum absolute atomic E-state index is 0.196. The Morgan fingerprint density at radius 3 is 2.83 bits per heavy atom. The Labute approximate surface area is 143 Å². The number of nitrogens with zero attached hydrogens (tertiary/aromatic N) is 2. The summed E-state index contributed by atoms with van der Waals surface area (Å²) in [5.74, 6) is 0.714. The lowest BCUT2D eigenvalue weighted by Crippen LogP contribution is -2.31. The van der Waals surface area contributed by atoms with Gasteiger partial charge < -0.3 is 15.2 Å². The summed E-state index contributed by atoms with van der Waals surface area (Å²) in [6.45, 7) is 5.60. The number of amides is 2. The van der Waals surface area contributed by atoms with E-state index in [1.807, 2.05) is 50.4 Å². The Morgan fingerprint density at radius 2 is 2.17 bits per heavy atom. The maximum Gasteiger partial charge on any atom is 0.319 e. The quantitative estimate of drug-likeness (QED) is 0.741. The molecule has 0 aliphatic carbocycles. The number of carbonyl (C=O) groups excluding carboxylic acids is 1. The van der Waals surface area contributed by atoms with Crippen LogP contribution in [0, 0.1) is 13.8 Å². The molecule has 2 heterocycles. The van der Waals surface area contributed by atoms with Gasteiger partial charge in [-0.2, -0.15) is 0 Å². The normalized spacial score (nSPS) is 12.0. The van der Waals surface area contributed by atoms with E-state index in [9.17, 15) is 4.79 Å². The molecule has 0 bridgehead atoms. The standard InChI is InChI=1S/C17H18N4O2S/c1-10(15-11(2)21-23-12(15)3)19-17(22)20-14-6-4-5-13(9-14)16-18-7-8-24-16/h4-10H,1-3H3,(H2,19,20,22). The number of urea groups is 1. The first-order chi connectivity index (χ1) is 11.5. The summed E-state index contributed by atoms with van der Waals surface area (Å²) < 4.78 is 5.15. The number of rotatable bonds is 4. The van der Waals surface area contributed by atoms with Crippen LogP contribution in [-0.2, 0) is 0 Å². The molecule has 1 unspecified atom stereocenters. The summed E-state index contributed by atoms with van der Waals surface area (Å²) >= 11 is 1.56. The average Bonchev–Trinajstić information content (AvgIpc) is 3.17. The molecule has 0 fully saturated rings. The Kier molecular flexibility index (Phi) is 4.61. The minimum Gasteiger partial charge on any atom is -0.361 e. The van der Waals surface area contributed by atoms with Crippen LogP contribution in [0.25, 0.3) is 10.6 Å². The van der Waals surface area contributed by atoms with E-state index in [2.05, 4.69) is 20.8 Å². The van der Waals surface area contributed by atoms with Gasteiger partial charge in [0.15, 0.2) is 0 Å². The molecule has 0 saturated heterocycles. The van der Waals surface area contributed by atoms with Gasteiger partial charge in [-0.15, -0.1) is 11.3 Å². The SMILES string of the molecule is Cc1noc(C)c1C(C)NC(=O)Nc1cccc(-c2nccs2)c1. The summed E-state index contributed by atoms with van der Waals surface area (Å²) in [5.41, 5.74) is 3.38. The first-order valence-electron chi connectivity index (χ1n) is 7.55. The van der Waals surface area contributed by atoms with Crippen LogP contribution < -0.4 is 10.6 Å². The molecule has 7 heteroatoms. The number of thiazole rings is 1. The maximum atomic E-state index is 12.3. The zero-order chi connectivity index (χ0) is 17.1. The highest BCUT2D eigenvalue weighted by atomic mass is 32.1. The molecule has 2 N–H and O–H groups in total. The molecule has 124 valence electrons. The third-order valence-electron chi connectivity index (χ3n) is 3.67. The molecule has 0 saturated carbocycles. The van der Waals surface area contributed by atoms with Crippen LogP contribution in [0.1, 0.15) is 30.0 Å². The van der Waals surface area contributed by atoms with Crippen LogP contribution in [0.2, 0.25) is 0 Å². The Balaban J connectivity index is 1.68. The van der Waals surface area contributed by atoms with Crippen LogP contribution in [-0.4, -0.2) is 16.2 Å². The predicted molar refractivity (Wildman–Crippen MR) is 94.1 cm³/mol. The molecule has 2 amide bonds. The third kappa shape index (κ3) is 3.46. The van der Waals surface area contributed by atoms with Crippen molar-refractivity contribution in [2.24, 2.45) is 0 Å². The van der Waals surface area contributed by atoms with Crippen LogP contribution in [0.15, 0.2) is 40.4 Å². The van der Waals surface area contributed by atoms with E-state index >= 15 is 0 Å². The molecule has 1 aromatic carbocycles. The predicted octanol–water partition coefficient (Wildman–Crippen LogP) is 4.30. The number of anilines is 1. The fourth-order valence-corrected chi connectivity index (χ4v) is 3.28. The minimum atomic E-state index is -0.279. The lowest BCUT2D eigenvalue weighted by molar-refractivity contribution is 0.249. The molecule has 2 aromatic heterocycles. The lowest BCUT2D eigenvalue weighted by atomic mass is 10.1. The van der Waals surface area contributed by atoms with E-state index < -0.39 is 0 Å². The number of aromatic nitrogens is 2. The van der Waals surface area contributed by atoms with Crippen molar-refractivity contribution >= 4 is 23.1 Å². The number of carbonyl (C=O) groups is 1. The monoisotopic (exact) mass is 342 g/mol. The van der Waals surface area contributed by atoms with Gasteiger partial charge >= 0.3 is 6.03 Å². The smallest absolute Gasteiger partial charge is 0.319 e. The molecule has 6 nitrogen and oxygen atoms in total. The Hall–Kier alpha value is -2.67. The van der Waals surface area contributed by atoms with E-state index in [1.54, 1.807) is 17.5 Å². The molecule has 0 aliphatic rings. The topological polar surface area (TPSA) is 80.0 Å². The summed E-state index contributed by atoms with van der Waals surface area (Å²) in [5, 5.41) is 12.5. The van der Waals surface area contributed by atoms with Crippen LogP contribution in [0.5, 0.6) is 0 Å². The van der Waals surface area contributed by atoms with Crippen molar-refractivity contribution in [1.29, 1.82) is 0 Å². The third-order valence-corrected chi connectivity index (χ3v) is 4.49. The Morgan fingerprint density at radius 1 is 1.33 bits per heavy atom. The van der Waals surface area contributed by atoms with E-state index in [-0.39, 0.29) is 12.1 Å². The second kappa shape index (κ2) is 6.84. The van der Waals surface area contributed by atoms with E-state index in [1.165, 1.54) is 0 Å². The highest BCUT2D eigenvalue weighted by molar-refractivity contribution is 7.13. The van der Waals surface area contributed by atoms with Gasteiger partial charge in [0.2, 0.25) is 0 Å². The van der Waals surface area contributed by atoms with Gasteiger partial charge in [-0.3, -0.25) is 0 Å². The van der Waals surface area contributed by atoms with E-state index in [0.717, 1.165) is 21.8 Å². The number of hydrogen-bond donors (Lipinski definition) is 2. The number of benzene rings is 1. The molecule has 0 spiro atoms. The van der Waals surface area contributed by atoms with Gasteiger partial charge in [0.1, 0.15) is 10.8 Å². The van der Waals surface area contributed by atoms with Crippen LogP contribution in [0.4, 0.5) is 10.5 Å². The molecule has 24 heavy (non-hydrogen) atoms. The molecular weight excluding hydrogens is 324 g/mol. The van der Waals surface area contributed by atoms with Crippen molar-refractivity contribution in [3.63, 3.8) is 0 Å². The maximum absolute atomic E-state index is 12.3.